The molecule has 0 bridgehead atoms. The molecule has 0 saturated heterocycles. The van der Waals surface area contributed by atoms with Gasteiger partial charge in [-0.1, -0.05) is 54.1 Å². The third-order valence-electron chi connectivity index (χ3n) is 6.13. The maximum atomic E-state index is 10.5. The lowest BCUT2D eigenvalue weighted by molar-refractivity contribution is -0.662. The lowest BCUT2D eigenvalue weighted by Gasteiger charge is -2.18. The predicted molar refractivity (Wildman–Crippen MR) is 131 cm³/mol. The van der Waals surface area contributed by atoms with Crippen LogP contribution in [0, 0.1) is 0 Å². The van der Waals surface area contributed by atoms with E-state index in [-0.39, 0.29) is 19.3 Å². The highest BCUT2D eigenvalue weighted by Gasteiger charge is 2.22. The molecule has 6 nitrogen and oxygen atoms in total. The Hall–Kier alpha value is -3.03. The summed E-state index contributed by atoms with van der Waals surface area (Å²) in [5.41, 5.74) is 4.37. The van der Waals surface area contributed by atoms with Crippen molar-refractivity contribution in [1.29, 1.82) is 0 Å². The van der Waals surface area contributed by atoms with Gasteiger partial charge in [0.05, 0.1) is 25.7 Å². The zero-order chi connectivity index (χ0) is 23.3. The quantitative estimate of drug-likeness (QED) is 0.323. The van der Waals surface area contributed by atoms with E-state index in [1.54, 1.807) is 0 Å². The van der Waals surface area contributed by atoms with Gasteiger partial charge in [0.25, 0.3) is 0 Å². The maximum absolute atomic E-state index is 10.5. The third kappa shape index (κ3) is 5.05. The highest BCUT2D eigenvalue weighted by Crippen LogP contribution is 2.34. The molecule has 34 heavy (non-hydrogen) atoms. The second-order valence-corrected chi connectivity index (χ2v) is 8.89. The van der Waals surface area contributed by atoms with E-state index in [4.69, 9.17) is 25.8 Å². The zero-order valence-corrected chi connectivity index (χ0v) is 19.5. The predicted octanol–water partition coefficient (Wildman–Crippen LogP) is 3.82. The van der Waals surface area contributed by atoms with Crippen molar-refractivity contribution >= 4 is 22.5 Å². The average Bonchev–Trinajstić information content (AvgIpc) is 3.49. The molecule has 0 unspecified atom stereocenters. The van der Waals surface area contributed by atoms with Gasteiger partial charge < -0.3 is 29.6 Å². The van der Waals surface area contributed by atoms with Crippen molar-refractivity contribution in [1.82, 2.24) is 4.98 Å². The van der Waals surface area contributed by atoms with Crippen LogP contribution < -0.4 is 14.8 Å². The van der Waals surface area contributed by atoms with E-state index in [0.29, 0.717) is 13.2 Å². The van der Waals surface area contributed by atoms with Crippen molar-refractivity contribution in [3.05, 3.63) is 94.6 Å². The number of ether oxygens (including phenoxy) is 3. The van der Waals surface area contributed by atoms with Gasteiger partial charge in [0, 0.05) is 22.1 Å². The van der Waals surface area contributed by atoms with Gasteiger partial charge in [-0.3, -0.25) is 0 Å². The molecule has 1 aromatic heterocycles. The molecule has 0 spiro atoms. The number of nitrogens with two attached hydrogens (primary N) is 1. The Morgan fingerprint density at radius 3 is 2.71 bits per heavy atom. The topological polar surface area (TPSA) is 80.3 Å². The fourth-order valence-corrected chi connectivity index (χ4v) is 4.70. The molecule has 3 aromatic carbocycles. The standard InChI is InChI=1S/C27H27ClN2O4/c28-24-7-3-1-5-20(24)22(23-14-30-25-8-4-2-6-21(23)25)13-29-12-19(31)16-32-15-18-9-10-26-27(11-18)34-17-33-26/h1-11,14,19,22,29-31H,12-13,15-17H2/p+1/t19-,22-/m0/s1. The zero-order valence-electron chi connectivity index (χ0n) is 18.7. The molecule has 1 aliphatic rings. The Kier molecular flexibility index (Phi) is 7.02. The summed E-state index contributed by atoms with van der Waals surface area (Å²) in [5, 5.41) is 14.6. The molecule has 0 aliphatic carbocycles. The summed E-state index contributed by atoms with van der Waals surface area (Å²) in [4.78, 5) is 3.37. The van der Waals surface area contributed by atoms with Crippen LogP contribution in [0.3, 0.4) is 0 Å². The molecular formula is C27H28ClN2O4+. The molecule has 2 heterocycles. The Bertz CT molecular complexity index is 1260. The molecule has 7 heteroatoms. The number of nitrogens with one attached hydrogen (secondary N) is 1. The number of aromatic amines is 1. The van der Waals surface area contributed by atoms with Crippen molar-refractivity contribution in [2.45, 2.75) is 18.6 Å². The minimum atomic E-state index is -0.580. The third-order valence-corrected chi connectivity index (χ3v) is 6.48. The number of aliphatic hydroxyl groups is 1. The molecule has 0 fully saturated rings. The smallest absolute Gasteiger partial charge is 0.231 e. The van der Waals surface area contributed by atoms with Crippen molar-refractivity contribution in [3.63, 3.8) is 0 Å². The number of halogens is 1. The fraction of sp³-hybridized carbons (Fsp3) is 0.259. The van der Waals surface area contributed by atoms with Crippen LogP contribution in [0.15, 0.2) is 72.9 Å². The van der Waals surface area contributed by atoms with Gasteiger partial charge in [-0.25, -0.2) is 0 Å². The first-order chi connectivity index (χ1) is 16.7. The molecule has 5 rings (SSSR count). The molecular weight excluding hydrogens is 452 g/mol. The molecule has 176 valence electrons. The van der Waals surface area contributed by atoms with Crippen LogP contribution >= 0.6 is 11.6 Å². The van der Waals surface area contributed by atoms with Crippen LogP contribution in [0.25, 0.3) is 10.9 Å². The van der Waals surface area contributed by atoms with Crippen LogP contribution in [-0.2, 0) is 11.3 Å². The van der Waals surface area contributed by atoms with Crippen molar-refractivity contribution in [3.8, 4) is 11.5 Å². The van der Waals surface area contributed by atoms with E-state index in [2.05, 4.69) is 34.7 Å². The Balaban J connectivity index is 1.19. The van der Waals surface area contributed by atoms with E-state index in [9.17, 15) is 5.11 Å². The molecule has 1 aliphatic heterocycles. The van der Waals surface area contributed by atoms with Gasteiger partial charge in [-0.05, 0) is 41.0 Å². The lowest BCUT2D eigenvalue weighted by atomic mass is 9.90. The van der Waals surface area contributed by atoms with Gasteiger partial charge >= 0.3 is 0 Å². The van der Waals surface area contributed by atoms with Crippen LogP contribution in [0.5, 0.6) is 11.5 Å². The Morgan fingerprint density at radius 1 is 0.971 bits per heavy atom. The number of aromatic nitrogens is 1. The van der Waals surface area contributed by atoms with Gasteiger partial charge in [-0.15, -0.1) is 0 Å². The number of benzene rings is 3. The van der Waals surface area contributed by atoms with Crippen LogP contribution in [0.2, 0.25) is 5.02 Å². The first-order valence-corrected chi connectivity index (χ1v) is 11.8. The van der Waals surface area contributed by atoms with Crippen molar-refractivity contribution < 1.29 is 24.6 Å². The second-order valence-electron chi connectivity index (χ2n) is 8.48. The van der Waals surface area contributed by atoms with Crippen LogP contribution in [0.4, 0.5) is 0 Å². The fourth-order valence-electron chi connectivity index (χ4n) is 4.43. The number of hydrogen-bond donors (Lipinski definition) is 3. The SMILES string of the molecule is O[C@@H](C[NH2+]C[C@@H](c1ccccc1Cl)c1c[nH]c2ccccc12)COCc1ccc2c(c1)OCO2. The normalized spacial score (nSPS) is 14.4. The molecule has 0 saturated carbocycles. The lowest BCUT2D eigenvalue weighted by Crippen LogP contribution is -2.87. The number of quaternary nitrogens is 1. The minimum Gasteiger partial charge on any atom is -0.454 e. The summed E-state index contributed by atoms with van der Waals surface area (Å²) < 4.78 is 16.5. The van der Waals surface area contributed by atoms with Gasteiger partial charge in [0.2, 0.25) is 6.79 Å². The summed E-state index contributed by atoms with van der Waals surface area (Å²) in [6, 6.07) is 22.0. The van der Waals surface area contributed by atoms with E-state index in [0.717, 1.165) is 39.7 Å². The monoisotopic (exact) mass is 479 g/mol. The molecule has 4 N–H and O–H groups in total. The summed E-state index contributed by atoms with van der Waals surface area (Å²) in [6.45, 7) is 2.21. The number of hydrogen-bond acceptors (Lipinski definition) is 4. The van der Waals surface area contributed by atoms with Crippen LogP contribution in [-0.4, -0.2) is 42.7 Å². The van der Waals surface area contributed by atoms with Crippen molar-refractivity contribution in [2.75, 3.05) is 26.5 Å². The second kappa shape index (κ2) is 10.5. The summed E-state index contributed by atoms with van der Waals surface area (Å²) in [5.74, 6) is 1.58. The number of rotatable bonds is 10. The van der Waals surface area contributed by atoms with Gasteiger partial charge in [-0.2, -0.15) is 0 Å². The maximum Gasteiger partial charge on any atom is 0.231 e. The van der Waals surface area contributed by atoms with E-state index >= 15 is 0 Å². The minimum absolute atomic E-state index is 0.0894. The Labute approximate surface area is 203 Å². The summed E-state index contributed by atoms with van der Waals surface area (Å²) in [6.07, 6.45) is 1.49. The summed E-state index contributed by atoms with van der Waals surface area (Å²) in [7, 11) is 0. The van der Waals surface area contributed by atoms with Crippen LogP contribution in [0.1, 0.15) is 22.6 Å². The van der Waals surface area contributed by atoms with Crippen molar-refractivity contribution in [2.24, 2.45) is 0 Å². The first-order valence-electron chi connectivity index (χ1n) is 11.5. The Morgan fingerprint density at radius 2 is 1.79 bits per heavy atom. The number of para-hydroxylation sites is 1. The summed E-state index contributed by atoms with van der Waals surface area (Å²) >= 11 is 6.58. The van der Waals surface area contributed by atoms with E-state index in [1.165, 1.54) is 10.9 Å². The average molecular weight is 480 g/mol. The molecule has 2 atom stereocenters. The van der Waals surface area contributed by atoms with E-state index < -0.39 is 6.10 Å². The van der Waals surface area contributed by atoms with Gasteiger partial charge in [0.15, 0.2) is 11.5 Å². The van der Waals surface area contributed by atoms with E-state index in [1.807, 2.05) is 48.5 Å². The molecule has 0 radical (unpaired) electrons. The first kappa shape index (κ1) is 22.7. The highest BCUT2D eigenvalue weighted by molar-refractivity contribution is 6.31. The number of aliphatic hydroxyl groups excluding tert-OH is 1. The number of H-pyrrole nitrogens is 1. The highest BCUT2D eigenvalue weighted by atomic mass is 35.5. The molecule has 0 amide bonds. The molecule has 4 aromatic rings. The van der Waals surface area contributed by atoms with Gasteiger partial charge in [0.1, 0.15) is 12.6 Å². The number of fused-ring (bicyclic) bond motifs is 2. The largest absolute Gasteiger partial charge is 0.454 e.